The number of nitrogens with one attached hydrogen (secondary N) is 2. The summed E-state index contributed by atoms with van der Waals surface area (Å²) in [5.74, 6) is -0.0704. The van der Waals surface area contributed by atoms with Crippen molar-refractivity contribution in [3.63, 3.8) is 0 Å². The fraction of sp³-hybridized carbons (Fsp3) is 0.125. The Bertz CT molecular complexity index is 1310. The molecule has 0 aliphatic carbocycles. The summed E-state index contributed by atoms with van der Waals surface area (Å²) in [6.45, 7) is 3.69. The van der Waals surface area contributed by atoms with E-state index in [-0.39, 0.29) is 29.6 Å². The van der Waals surface area contributed by atoms with Crippen molar-refractivity contribution in [2.45, 2.75) is 6.42 Å². The van der Waals surface area contributed by atoms with Gasteiger partial charge in [-0.15, -0.1) is 0 Å². The largest absolute Gasteiger partial charge is 0.351 e. The van der Waals surface area contributed by atoms with Gasteiger partial charge in [-0.25, -0.2) is 4.39 Å². The molecule has 1 aromatic heterocycles. The lowest BCUT2D eigenvalue weighted by Gasteiger charge is -2.11. The first-order valence-corrected chi connectivity index (χ1v) is 10.5. The van der Waals surface area contributed by atoms with Gasteiger partial charge >= 0.3 is 0 Å². The standard InChI is InChI=1S/C24H21ClFN7O/c1-28-9-7-21(29-15-30-23-8-10-31-33(23)2)17-4-6-22(18(11-17)14-27)32-24(34)12-16-3-5-19(26)13-20(16)25/h3-11,13,30H,1,12,15H2,2H3,(H,32,34)/b9-7-,29-21?. The number of carbonyl (C=O) groups is 1. The molecule has 3 rings (SSSR count). The van der Waals surface area contributed by atoms with Crippen LogP contribution in [0.5, 0.6) is 0 Å². The summed E-state index contributed by atoms with van der Waals surface area (Å²) in [4.78, 5) is 20.7. The van der Waals surface area contributed by atoms with Crippen molar-refractivity contribution >= 4 is 41.4 Å². The van der Waals surface area contributed by atoms with Crippen LogP contribution in [0.1, 0.15) is 16.7 Å². The highest BCUT2D eigenvalue weighted by atomic mass is 35.5. The quantitative estimate of drug-likeness (QED) is 0.447. The lowest BCUT2D eigenvalue weighted by molar-refractivity contribution is -0.115. The van der Waals surface area contributed by atoms with Crippen LogP contribution in [0.3, 0.4) is 0 Å². The number of nitriles is 1. The topological polar surface area (TPSA) is 107 Å². The van der Waals surface area contributed by atoms with Crippen LogP contribution < -0.4 is 10.6 Å². The molecule has 2 aromatic carbocycles. The predicted molar refractivity (Wildman–Crippen MR) is 132 cm³/mol. The molecule has 0 fully saturated rings. The fourth-order valence-corrected chi connectivity index (χ4v) is 3.29. The van der Waals surface area contributed by atoms with Crippen LogP contribution in [0.25, 0.3) is 0 Å². The number of aliphatic imine (C=N–C) groups is 2. The van der Waals surface area contributed by atoms with Crippen LogP contribution in [0.2, 0.25) is 5.02 Å². The molecular formula is C24H21ClFN7O. The van der Waals surface area contributed by atoms with E-state index in [2.05, 4.69) is 38.5 Å². The van der Waals surface area contributed by atoms with Crippen LogP contribution >= 0.6 is 11.6 Å². The van der Waals surface area contributed by atoms with E-state index >= 15 is 0 Å². The third-order valence-electron chi connectivity index (χ3n) is 4.74. The Kier molecular flexibility index (Phi) is 8.26. The number of nitrogens with zero attached hydrogens (tertiary/aromatic N) is 5. The molecule has 0 aliphatic heterocycles. The first-order valence-electron chi connectivity index (χ1n) is 10.1. The van der Waals surface area contributed by atoms with Crippen molar-refractivity contribution in [1.82, 2.24) is 9.78 Å². The Morgan fingerprint density at radius 3 is 2.82 bits per heavy atom. The minimum absolute atomic E-state index is 0.0636. The van der Waals surface area contributed by atoms with Crippen molar-refractivity contribution in [2.24, 2.45) is 17.0 Å². The van der Waals surface area contributed by atoms with Crippen molar-refractivity contribution in [3.8, 4) is 6.07 Å². The third kappa shape index (κ3) is 6.37. The Hall–Kier alpha value is -4.29. The number of rotatable bonds is 9. The summed E-state index contributed by atoms with van der Waals surface area (Å²) in [6.07, 6.45) is 4.77. The number of hydrogen-bond donors (Lipinski definition) is 2. The summed E-state index contributed by atoms with van der Waals surface area (Å²) >= 11 is 6.00. The lowest BCUT2D eigenvalue weighted by Crippen LogP contribution is -2.16. The van der Waals surface area contributed by atoms with Gasteiger partial charge in [0, 0.05) is 29.9 Å². The molecule has 0 unspecified atom stereocenters. The van der Waals surface area contributed by atoms with Gasteiger partial charge in [-0.1, -0.05) is 23.7 Å². The molecule has 0 atom stereocenters. The second-order valence-electron chi connectivity index (χ2n) is 7.05. The Labute approximate surface area is 201 Å². The summed E-state index contributed by atoms with van der Waals surface area (Å²) < 4.78 is 14.9. The first kappa shape index (κ1) is 24.4. The van der Waals surface area contributed by atoms with E-state index in [1.807, 2.05) is 13.1 Å². The summed E-state index contributed by atoms with van der Waals surface area (Å²) in [5, 5.41) is 19.7. The van der Waals surface area contributed by atoms with E-state index in [0.717, 1.165) is 11.9 Å². The van der Waals surface area contributed by atoms with Crippen LogP contribution in [-0.2, 0) is 18.3 Å². The highest BCUT2D eigenvalue weighted by Crippen LogP contribution is 2.21. The molecule has 0 aliphatic rings. The van der Waals surface area contributed by atoms with Gasteiger partial charge < -0.3 is 10.6 Å². The Morgan fingerprint density at radius 1 is 1.32 bits per heavy atom. The Morgan fingerprint density at radius 2 is 2.15 bits per heavy atom. The van der Waals surface area contributed by atoms with Crippen molar-refractivity contribution < 1.29 is 9.18 Å². The van der Waals surface area contributed by atoms with E-state index in [9.17, 15) is 14.4 Å². The number of hydrogen-bond acceptors (Lipinski definition) is 6. The SMILES string of the molecule is C=N/C=C\C(=NCNc1ccnn1C)c1ccc(NC(=O)Cc2ccc(F)cc2Cl)c(C#N)c1. The second-order valence-corrected chi connectivity index (χ2v) is 7.46. The van der Waals surface area contributed by atoms with Crippen molar-refractivity contribution in [3.05, 3.63) is 88.5 Å². The average molecular weight is 478 g/mol. The molecule has 3 aromatic rings. The van der Waals surface area contributed by atoms with Gasteiger partial charge in [0.05, 0.1) is 29.6 Å². The van der Waals surface area contributed by atoms with E-state index < -0.39 is 5.82 Å². The Balaban J connectivity index is 1.78. The molecular weight excluding hydrogens is 457 g/mol. The first-order chi connectivity index (χ1) is 16.4. The van der Waals surface area contributed by atoms with Gasteiger partial charge in [0.15, 0.2) is 0 Å². The maximum Gasteiger partial charge on any atom is 0.228 e. The number of amides is 1. The number of carbonyl (C=O) groups excluding carboxylic acids is 1. The predicted octanol–water partition coefficient (Wildman–Crippen LogP) is 4.34. The normalized spacial score (nSPS) is 11.3. The van der Waals surface area contributed by atoms with E-state index in [1.165, 1.54) is 18.3 Å². The smallest absolute Gasteiger partial charge is 0.228 e. The molecule has 0 saturated heterocycles. The number of benzene rings is 2. The minimum atomic E-state index is -0.481. The monoisotopic (exact) mass is 477 g/mol. The number of allylic oxidation sites excluding steroid dienone is 1. The molecule has 0 saturated carbocycles. The van der Waals surface area contributed by atoms with Crippen LogP contribution in [-0.4, -0.2) is 34.8 Å². The van der Waals surface area contributed by atoms with Crippen LogP contribution in [0, 0.1) is 17.1 Å². The van der Waals surface area contributed by atoms with Crippen LogP contribution in [0.4, 0.5) is 15.9 Å². The summed E-state index contributed by atoms with van der Waals surface area (Å²) in [7, 11) is 1.81. The molecule has 10 heteroatoms. The molecule has 1 amide bonds. The zero-order valence-electron chi connectivity index (χ0n) is 18.3. The number of halogens is 2. The van der Waals surface area contributed by atoms with Gasteiger partial charge in [-0.3, -0.25) is 19.5 Å². The van der Waals surface area contributed by atoms with Gasteiger partial charge in [0.2, 0.25) is 5.91 Å². The van der Waals surface area contributed by atoms with Crippen molar-refractivity contribution in [1.29, 1.82) is 5.26 Å². The molecule has 172 valence electrons. The summed E-state index contributed by atoms with van der Waals surface area (Å²) in [5.41, 5.74) is 2.29. The number of aromatic nitrogens is 2. The second kappa shape index (κ2) is 11.5. The maximum atomic E-state index is 13.2. The minimum Gasteiger partial charge on any atom is -0.351 e. The molecule has 1 heterocycles. The molecule has 0 radical (unpaired) electrons. The molecule has 8 nitrogen and oxygen atoms in total. The average Bonchev–Trinajstić information content (AvgIpc) is 3.23. The summed E-state index contributed by atoms with van der Waals surface area (Å²) in [6, 6.07) is 12.7. The highest BCUT2D eigenvalue weighted by molar-refractivity contribution is 6.31. The van der Waals surface area contributed by atoms with E-state index in [0.29, 0.717) is 22.5 Å². The third-order valence-corrected chi connectivity index (χ3v) is 5.10. The zero-order valence-corrected chi connectivity index (χ0v) is 19.1. The van der Waals surface area contributed by atoms with Crippen molar-refractivity contribution in [2.75, 3.05) is 17.3 Å². The van der Waals surface area contributed by atoms with Gasteiger partial charge in [-0.2, -0.15) is 10.4 Å². The zero-order chi connectivity index (χ0) is 24.5. The maximum absolute atomic E-state index is 13.2. The van der Waals surface area contributed by atoms with Gasteiger partial charge in [0.1, 0.15) is 24.4 Å². The molecule has 34 heavy (non-hydrogen) atoms. The molecule has 0 bridgehead atoms. The molecule has 0 spiro atoms. The number of aryl methyl sites for hydroxylation is 1. The van der Waals surface area contributed by atoms with Gasteiger partial charge in [0.25, 0.3) is 0 Å². The lowest BCUT2D eigenvalue weighted by atomic mass is 10.0. The van der Waals surface area contributed by atoms with E-state index in [4.69, 9.17) is 11.6 Å². The fourth-order valence-electron chi connectivity index (χ4n) is 3.05. The van der Waals surface area contributed by atoms with Crippen LogP contribution in [0.15, 0.2) is 70.9 Å². The highest BCUT2D eigenvalue weighted by Gasteiger charge is 2.12. The van der Waals surface area contributed by atoms with E-state index in [1.54, 1.807) is 35.2 Å². The van der Waals surface area contributed by atoms with Gasteiger partial charge in [-0.05, 0) is 42.6 Å². The number of anilines is 2. The molecule has 2 N–H and O–H groups in total.